The molecule has 5 nitrogen and oxygen atoms in total. The van der Waals surface area contributed by atoms with E-state index in [2.05, 4.69) is 19.2 Å². The lowest BCUT2D eigenvalue weighted by molar-refractivity contribution is -0.131. The van der Waals surface area contributed by atoms with Crippen LogP contribution in [0.2, 0.25) is 0 Å². The number of aliphatic hydroxyl groups is 3. The molecular formula is C39H77NO4. The van der Waals surface area contributed by atoms with E-state index in [-0.39, 0.29) is 6.61 Å². The highest BCUT2D eigenvalue weighted by Crippen LogP contribution is 2.15. The Morgan fingerprint density at radius 1 is 0.545 bits per heavy atom. The molecule has 0 saturated heterocycles. The number of hydrogen-bond donors (Lipinski definition) is 4. The van der Waals surface area contributed by atoms with Gasteiger partial charge in [-0.1, -0.05) is 199 Å². The molecule has 0 aromatic carbocycles. The summed E-state index contributed by atoms with van der Waals surface area (Å²) < 4.78 is 0. The van der Waals surface area contributed by atoms with E-state index in [9.17, 15) is 20.1 Å². The Labute approximate surface area is 274 Å². The van der Waals surface area contributed by atoms with Crippen LogP contribution in [0.15, 0.2) is 12.2 Å². The minimum atomic E-state index is -1.09. The SMILES string of the molecule is CCCCCCCCCCCCCCC/C=C/C(O)C(CO)NC(=O)C(O)CCCCCCCCCCCCCCCCC. The van der Waals surface area contributed by atoms with E-state index in [1.807, 2.05) is 6.08 Å². The van der Waals surface area contributed by atoms with Crippen molar-refractivity contribution in [1.82, 2.24) is 5.32 Å². The van der Waals surface area contributed by atoms with Crippen LogP contribution in [0.1, 0.15) is 206 Å². The maximum Gasteiger partial charge on any atom is 0.249 e. The zero-order valence-electron chi connectivity index (χ0n) is 29.6. The van der Waals surface area contributed by atoms with Crippen molar-refractivity contribution in [1.29, 1.82) is 0 Å². The Morgan fingerprint density at radius 3 is 1.25 bits per heavy atom. The monoisotopic (exact) mass is 624 g/mol. The molecule has 3 unspecified atom stereocenters. The molecule has 0 rings (SSSR count). The fourth-order valence-electron chi connectivity index (χ4n) is 6.01. The van der Waals surface area contributed by atoms with Gasteiger partial charge in [-0.2, -0.15) is 0 Å². The van der Waals surface area contributed by atoms with Gasteiger partial charge in [-0.25, -0.2) is 0 Å². The van der Waals surface area contributed by atoms with Crippen LogP contribution in [0.5, 0.6) is 0 Å². The first-order valence-electron chi connectivity index (χ1n) is 19.5. The van der Waals surface area contributed by atoms with Gasteiger partial charge in [0.05, 0.1) is 18.8 Å². The second-order valence-electron chi connectivity index (χ2n) is 13.5. The Kier molecular flexibility index (Phi) is 34.2. The van der Waals surface area contributed by atoms with Gasteiger partial charge >= 0.3 is 0 Å². The Hall–Kier alpha value is -0.910. The van der Waals surface area contributed by atoms with E-state index in [1.54, 1.807) is 6.08 Å². The molecule has 0 fully saturated rings. The van der Waals surface area contributed by atoms with Crippen LogP contribution in [0.3, 0.4) is 0 Å². The number of carbonyl (C=O) groups is 1. The quantitative estimate of drug-likeness (QED) is 0.0418. The molecule has 5 heteroatoms. The third-order valence-corrected chi connectivity index (χ3v) is 9.13. The van der Waals surface area contributed by atoms with Crippen molar-refractivity contribution in [2.24, 2.45) is 0 Å². The van der Waals surface area contributed by atoms with E-state index >= 15 is 0 Å². The topological polar surface area (TPSA) is 89.8 Å². The highest BCUT2D eigenvalue weighted by atomic mass is 16.3. The fourth-order valence-corrected chi connectivity index (χ4v) is 6.01. The molecule has 3 atom stereocenters. The smallest absolute Gasteiger partial charge is 0.249 e. The summed E-state index contributed by atoms with van der Waals surface area (Å²) in [4.78, 5) is 12.4. The van der Waals surface area contributed by atoms with Gasteiger partial charge in [-0.05, 0) is 19.3 Å². The molecule has 0 aliphatic carbocycles. The highest BCUT2D eigenvalue weighted by Gasteiger charge is 2.22. The molecule has 1 amide bonds. The van der Waals surface area contributed by atoms with Gasteiger partial charge in [0.2, 0.25) is 5.91 Å². The van der Waals surface area contributed by atoms with Crippen LogP contribution in [0, 0.1) is 0 Å². The van der Waals surface area contributed by atoms with Crippen molar-refractivity contribution >= 4 is 5.91 Å². The van der Waals surface area contributed by atoms with E-state index in [0.717, 1.165) is 32.1 Å². The molecule has 0 aromatic rings. The summed E-state index contributed by atoms with van der Waals surface area (Å²) in [6.07, 6.45) is 39.4. The maximum atomic E-state index is 12.4. The summed E-state index contributed by atoms with van der Waals surface area (Å²) in [6.45, 7) is 4.18. The summed E-state index contributed by atoms with van der Waals surface area (Å²) in [5.41, 5.74) is 0. The predicted octanol–water partition coefficient (Wildman–Crippen LogP) is 10.5. The van der Waals surface area contributed by atoms with Gasteiger partial charge in [0.25, 0.3) is 0 Å². The van der Waals surface area contributed by atoms with Crippen molar-refractivity contribution in [2.75, 3.05) is 6.61 Å². The highest BCUT2D eigenvalue weighted by molar-refractivity contribution is 5.80. The summed E-state index contributed by atoms with van der Waals surface area (Å²) in [5, 5.41) is 33.0. The molecule has 4 N–H and O–H groups in total. The third-order valence-electron chi connectivity index (χ3n) is 9.13. The number of aliphatic hydroxyl groups excluding tert-OH is 3. The van der Waals surface area contributed by atoms with Crippen molar-refractivity contribution in [3.8, 4) is 0 Å². The standard InChI is InChI=1S/C39H77NO4/c1-3-5-7-9-11-13-15-17-19-21-23-25-27-29-31-33-37(42)36(35-41)40-39(44)38(43)34-32-30-28-26-24-22-20-18-16-14-12-10-8-6-4-2/h31,33,36-38,41-43H,3-30,32,34-35H2,1-2H3,(H,40,44)/b33-31+. The van der Waals surface area contributed by atoms with Crippen LogP contribution in [-0.4, -0.2) is 46.1 Å². The molecule has 262 valence electrons. The number of unbranched alkanes of at least 4 members (excludes halogenated alkanes) is 27. The normalized spacial score (nSPS) is 13.8. The van der Waals surface area contributed by atoms with Gasteiger partial charge in [0.15, 0.2) is 0 Å². The van der Waals surface area contributed by atoms with Gasteiger partial charge in [0.1, 0.15) is 6.10 Å². The number of nitrogens with one attached hydrogen (secondary N) is 1. The minimum Gasteiger partial charge on any atom is -0.394 e. The Morgan fingerprint density at radius 2 is 0.886 bits per heavy atom. The Bertz CT molecular complexity index is 611. The lowest BCUT2D eigenvalue weighted by Crippen LogP contribution is -2.48. The number of rotatable bonds is 35. The molecule has 44 heavy (non-hydrogen) atoms. The van der Waals surface area contributed by atoms with E-state index in [1.165, 1.54) is 154 Å². The predicted molar refractivity (Wildman–Crippen MR) is 190 cm³/mol. The van der Waals surface area contributed by atoms with Crippen LogP contribution in [0.25, 0.3) is 0 Å². The second-order valence-corrected chi connectivity index (χ2v) is 13.5. The molecule has 0 saturated carbocycles. The lowest BCUT2D eigenvalue weighted by Gasteiger charge is -2.21. The zero-order valence-corrected chi connectivity index (χ0v) is 29.6. The average molecular weight is 624 g/mol. The first kappa shape index (κ1) is 43.1. The van der Waals surface area contributed by atoms with Crippen molar-refractivity contribution < 1.29 is 20.1 Å². The van der Waals surface area contributed by atoms with Crippen LogP contribution in [0.4, 0.5) is 0 Å². The number of hydrogen-bond acceptors (Lipinski definition) is 4. The largest absolute Gasteiger partial charge is 0.394 e. The van der Waals surface area contributed by atoms with Gasteiger partial charge in [-0.3, -0.25) is 4.79 Å². The first-order valence-corrected chi connectivity index (χ1v) is 19.5. The molecule has 0 heterocycles. The molecule has 0 aliphatic rings. The van der Waals surface area contributed by atoms with Gasteiger partial charge in [0, 0.05) is 0 Å². The summed E-state index contributed by atoms with van der Waals surface area (Å²) >= 11 is 0. The Balaban J connectivity index is 3.70. The third kappa shape index (κ3) is 29.8. The molecule has 0 radical (unpaired) electrons. The van der Waals surface area contributed by atoms with Crippen molar-refractivity contribution in [3.05, 3.63) is 12.2 Å². The summed E-state index contributed by atoms with van der Waals surface area (Å²) in [7, 11) is 0. The summed E-state index contributed by atoms with van der Waals surface area (Å²) in [5.74, 6) is -0.502. The molecule has 0 aliphatic heterocycles. The van der Waals surface area contributed by atoms with Gasteiger partial charge < -0.3 is 20.6 Å². The van der Waals surface area contributed by atoms with Crippen LogP contribution in [-0.2, 0) is 4.79 Å². The van der Waals surface area contributed by atoms with Crippen LogP contribution < -0.4 is 5.32 Å². The van der Waals surface area contributed by atoms with Crippen molar-refractivity contribution in [3.63, 3.8) is 0 Å². The zero-order chi connectivity index (χ0) is 32.4. The molecular weight excluding hydrogens is 546 g/mol. The molecule has 0 bridgehead atoms. The average Bonchev–Trinajstić information content (AvgIpc) is 3.03. The first-order chi connectivity index (χ1) is 21.6. The summed E-state index contributed by atoms with van der Waals surface area (Å²) in [6, 6.07) is -0.791. The molecule has 0 aromatic heterocycles. The number of amides is 1. The van der Waals surface area contributed by atoms with E-state index in [4.69, 9.17) is 0 Å². The maximum absolute atomic E-state index is 12.4. The minimum absolute atomic E-state index is 0.359. The van der Waals surface area contributed by atoms with Gasteiger partial charge in [-0.15, -0.1) is 0 Å². The number of carbonyl (C=O) groups excluding carboxylic acids is 1. The molecule has 0 spiro atoms. The van der Waals surface area contributed by atoms with E-state index in [0.29, 0.717) is 6.42 Å². The van der Waals surface area contributed by atoms with E-state index < -0.39 is 24.2 Å². The lowest BCUT2D eigenvalue weighted by atomic mass is 10.0. The van der Waals surface area contributed by atoms with Crippen LogP contribution >= 0.6 is 0 Å². The number of allylic oxidation sites excluding steroid dienone is 1. The fraction of sp³-hybridized carbons (Fsp3) is 0.923. The second kappa shape index (κ2) is 35.0. The van der Waals surface area contributed by atoms with Crippen molar-refractivity contribution in [2.45, 2.75) is 225 Å².